The summed E-state index contributed by atoms with van der Waals surface area (Å²) in [7, 11) is 3.25. The molecule has 2 nitrogen and oxygen atoms in total. The molecule has 1 aromatic rings. The molecule has 4 heteroatoms. The molecule has 0 unspecified atom stereocenters. The molecule has 1 rings (SSSR count). The van der Waals surface area contributed by atoms with Crippen LogP contribution in [0.25, 0.3) is 0 Å². The van der Waals surface area contributed by atoms with Crippen molar-refractivity contribution < 1.29 is 9.47 Å². The summed E-state index contributed by atoms with van der Waals surface area (Å²) >= 11 is 7.99. The maximum atomic E-state index is 5.78. The van der Waals surface area contributed by atoms with Gasteiger partial charge in [-0.3, -0.25) is 0 Å². The number of benzene rings is 1. The van der Waals surface area contributed by atoms with E-state index in [2.05, 4.69) is 22.6 Å². The van der Waals surface area contributed by atoms with Crippen LogP contribution in [0.3, 0.4) is 0 Å². The van der Waals surface area contributed by atoms with Gasteiger partial charge in [-0.25, -0.2) is 0 Å². The van der Waals surface area contributed by atoms with Crippen LogP contribution in [0.4, 0.5) is 0 Å². The molecule has 0 spiro atoms. The number of ether oxygens (including phenoxy) is 2. The van der Waals surface area contributed by atoms with Crippen LogP contribution in [0.5, 0.6) is 11.5 Å². The van der Waals surface area contributed by atoms with E-state index in [-0.39, 0.29) is 0 Å². The minimum absolute atomic E-state index is 0.392. The second-order valence-corrected chi connectivity index (χ2v) is 3.94. The van der Waals surface area contributed by atoms with E-state index in [4.69, 9.17) is 21.1 Å². The smallest absolute Gasteiger partial charge is 0.128 e. The first-order chi connectivity index (χ1) is 6.22. The molecule has 0 bridgehead atoms. The second kappa shape index (κ2) is 4.91. The lowest BCUT2D eigenvalue weighted by Crippen LogP contribution is -1.95. The van der Waals surface area contributed by atoms with Gasteiger partial charge in [0.1, 0.15) is 11.5 Å². The van der Waals surface area contributed by atoms with Crippen LogP contribution in [-0.2, 0) is 5.88 Å². The summed E-state index contributed by atoms with van der Waals surface area (Å²) in [6, 6.07) is 3.86. The Kier molecular flexibility index (Phi) is 4.12. The summed E-state index contributed by atoms with van der Waals surface area (Å²) in [6.07, 6.45) is 0. The number of hydrogen-bond acceptors (Lipinski definition) is 2. The summed E-state index contributed by atoms with van der Waals surface area (Å²) in [4.78, 5) is 0. The average Bonchev–Trinajstić information content (AvgIpc) is 2.16. The molecule has 72 valence electrons. The summed E-state index contributed by atoms with van der Waals surface area (Å²) < 4.78 is 11.5. The molecule has 0 amide bonds. The predicted octanol–water partition coefficient (Wildman–Crippen LogP) is 3.05. The van der Waals surface area contributed by atoms with Gasteiger partial charge in [0.15, 0.2) is 0 Å². The van der Waals surface area contributed by atoms with E-state index in [1.807, 2.05) is 12.1 Å². The van der Waals surface area contributed by atoms with Crippen LogP contribution in [0, 0.1) is 3.57 Å². The standard InChI is InChI=1S/C9H10ClIO2/c1-12-8-3-6(11)4-9(13-2)7(8)5-10/h3-4H,5H2,1-2H3. The third-order valence-corrected chi connectivity index (χ3v) is 2.60. The lowest BCUT2D eigenvalue weighted by Gasteiger charge is -2.11. The van der Waals surface area contributed by atoms with Gasteiger partial charge in [0.05, 0.1) is 25.7 Å². The second-order valence-electron chi connectivity index (χ2n) is 2.42. The van der Waals surface area contributed by atoms with Crippen molar-refractivity contribution in [2.45, 2.75) is 5.88 Å². The molecule has 13 heavy (non-hydrogen) atoms. The summed E-state index contributed by atoms with van der Waals surface area (Å²) in [6.45, 7) is 0. The maximum Gasteiger partial charge on any atom is 0.128 e. The quantitative estimate of drug-likeness (QED) is 0.631. The lowest BCUT2D eigenvalue weighted by molar-refractivity contribution is 0.387. The zero-order valence-corrected chi connectivity index (χ0v) is 10.3. The summed E-state index contributed by atoms with van der Waals surface area (Å²) in [5.74, 6) is 1.95. The number of rotatable bonds is 3. The third-order valence-electron chi connectivity index (χ3n) is 1.71. The van der Waals surface area contributed by atoms with Crippen molar-refractivity contribution in [1.29, 1.82) is 0 Å². The van der Waals surface area contributed by atoms with Crippen LogP contribution in [0.1, 0.15) is 5.56 Å². The Balaban J connectivity index is 3.25. The summed E-state index contributed by atoms with van der Waals surface area (Å²) in [5, 5.41) is 0. The molecule has 0 atom stereocenters. The normalized spacial score (nSPS) is 9.85. The van der Waals surface area contributed by atoms with E-state index in [1.165, 1.54) is 0 Å². The molecular weight excluding hydrogens is 302 g/mol. The SMILES string of the molecule is COc1cc(I)cc(OC)c1CCl. The van der Waals surface area contributed by atoms with Gasteiger partial charge < -0.3 is 9.47 Å². The Labute approximate surface area is 96.3 Å². The molecular formula is C9H10ClIO2. The molecule has 0 aromatic heterocycles. The van der Waals surface area contributed by atoms with Crippen molar-refractivity contribution in [3.63, 3.8) is 0 Å². The van der Waals surface area contributed by atoms with E-state index >= 15 is 0 Å². The van der Waals surface area contributed by atoms with Crippen molar-refractivity contribution in [3.05, 3.63) is 21.3 Å². The fraction of sp³-hybridized carbons (Fsp3) is 0.333. The average molecular weight is 313 g/mol. The van der Waals surface area contributed by atoms with Crippen LogP contribution in [0.2, 0.25) is 0 Å². The number of halogens is 2. The van der Waals surface area contributed by atoms with E-state index in [0.717, 1.165) is 20.6 Å². The molecule has 0 aliphatic heterocycles. The van der Waals surface area contributed by atoms with Crippen LogP contribution >= 0.6 is 34.2 Å². The topological polar surface area (TPSA) is 18.5 Å². The van der Waals surface area contributed by atoms with E-state index in [1.54, 1.807) is 14.2 Å². The molecule has 0 aliphatic carbocycles. The van der Waals surface area contributed by atoms with E-state index in [9.17, 15) is 0 Å². The van der Waals surface area contributed by atoms with Crippen molar-refractivity contribution >= 4 is 34.2 Å². The first-order valence-electron chi connectivity index (χ1n) is 3.69. The highest BCUT2D eigenvalue weighted by molar-refractivity contribution is 14.1. The summed E-state index contributed by atoms with van der Waals surface area (Å²) in [5.41, 5.74) is 0.895. The first kappa shape index (κ1) is 10.9. The van der Waals surface area contributed by atoms with Crippen molar-refractivity contribution in [2.24, 2.45) is 0 Å². The predicted molar refractivity (Wildman–Crippen MR) is 61.8 cm³/mol. The minimum atomic E-state index is 0.392. The first-order valence-corrected chi connectivity index (χ1v) is 5.30. The van der Waals surface area contributed by atoms with Crippen LogP contribution < -0.4 is 9.47 Å². The minimum Gasteiger partial charge on any atom is -0.496 e. The van der Waals surface area contributed by atoms with Gasteiger partial charge in [-0.05, 0) is 34.7 Å². The Bertz CT molecular complexity index is 277. The molecule has 0 saturated carbocycles. The van der Waals surface area contributed by atoms with Gasteiger partial charge in [0.2, 0.25) is 0 Å². The number of methoxy groups -OCH3 is 2. The highest BCUT2D eigenvalue weighted by Crippen LogP contribution is 2.32. The van der Waals surface area contributed by atoms with Gasteiger partial charge >= 0.3 is 0 Å². The monoisotopic (exact) mass is 312 g/mol. The lowest BCUT2D eigenvalue weighted by atomic mass is 10.2. The molecule has 1 aromatic carbocycles. The number of alkyl halides is 1. The molecule has 0 N–H and O–H groups in total. The maximum absolute atomic E-state index is 5.78. The molecule has 0 saturated heterocycles. The molecule has 0 fully saturated rings. The Morgan fingerprint density at radius 3 is 2.00 bits per heavy atom. The zero-order chi connectivity index (χ0) is 9.84. The van der Waals surface area contributed by atoms with Crippen molar-refractivity contribution in [2.75, 3.05) is 14.2 Å². The van der Waals surface area contributed by atoms with Crippen molar-refractivity contribution in [3.8, 4) is 11.5 Å². The van der Waals surface area contributed by atoms with Gasteiger partial charge in [-0.2, -0.15) is 0 Å². The Hall–Kier alpha value is -0.160. The molecule has 0 radical (unpaired) electrons. The molecule has 0 aliphatic rings. The fourth-order valence-corrected chi connectivity index (χ4v) is 1.91. The van der Waals surface area contributed by atoms with E-state index < -0.39 is 0 Å². The largest absolute Gasteiger partial charge is 0.496 e. The highest BCUT2D eigenvalue weighted by atomic mass is 127. The van der Waals surface area contributed by atoms with E-state index in [0.29, 0.717) is 5.88 Å². The van der Waals surface area contributed by atoms with Gasteiger partial charge in [-0.1, -0.05) is 0 Å². The Morgan fingerprint density at radius 1 is 1.23 bits per heavy atom. The number of hydrogen-bond donors (Lipinski definition) is 0. The highest BCUT2D eigenvalue weighted by Gasteiger charge is 2.09. The van der Waals surface area contributed by atoms with Gasteiger partial charge in [-0.15, -0.1) is 11.6 Å². The fourth-order valence-electron chi connectivity index (χ4n) is 1.08. The van der Waals surface area contributed by atoms with Gasteiger partial charge in [0, 0.05) is 3.57 Å². The van der Waals surface area contributed by atoms with Crippen molar-refractivity contribution in [1.82, 2.24) is 0 Å². The molecule has 0 heterocycles. The van der Waals surface area contributed by atoms with Crippen LogP contribution in [0.15, 0.2) is 12.1 Å². The Morgan fingerprint density at radius 2 is 1.69 bits per heavy atom. The zero-order valence-electron chi connectivity index (χ0n) is 7.43. The third kappa shape index (κ3) is 2.40. The van der Waals surface area contributed by atoms with Crippen LogP contribution in [-0.4, -0.2) is 14.2 Å². The van der Waals surface area contributed by atoms with Gasteiger partial charge in [0.25, 0.3) is 0 Å².